The van der Waals surface area contributed by atoms with Crippen LogP contribution < -0.4 is 19.6 Å². The summed E-state index contributed by atoms with van der Waals surface area (Å²) in [5, 5.41) is 10.6. The second-order valence-corrected chi connectivity index (χ2v) is 7.44. The Hall–Kier alpha value is -4.54. The summed E-state index contributed by atoms with van der Waals surface area (Å²) in [4.78, 5) is 23.2. The zero-order valence-electron chi connectivity index (χ0n) is 18.7. The molecule has 0 saturated carbocycles. The van der Waals surface area contributed by atoms with E-state index < -0.39 is 28.0 Å². The number of nitro benzene ring substituents is 1. The highest BCUT2D eigenvalue weighted by Gasteiger charge is 2.40. The standard InChI is InChI=1S/C25H18F3NO7/c1-2-33-19-5-3-4-6-20(19)35-23-22(30)18-12-11-17(13-21(18)36-24(23)25(26,27)28)34-14-15-7-9-16(10-8-15)29(31)32/h3-13H,2,14H2,1H3. The quantitative estimate of drug-likeness (QED) is 0.201. The van der Waals surface area contributed by atoms with Gasteiger partial charge in [-0.1, -0.05) is 12.1 Å². The number of benzene rings is 3. The van der Waals surface area contributed by atoms with Gasteiger partial charge in [-0.15, -0.1) is 0 Å². The Balaban J connectivity index is 1.68. The van der Waals surface area contributed by atoms with Crippen molar-refractivity contribution in [2.24, 2.45) is 0 Å². The van der Waals surface area contributed by atoms with E-state index in [2.05, 4.69) is 0 Å². The third-order valence-corrected chi connectivity index (χ3v) is 4.99. The van der Waals surface area contributed by atoms with E-state index >= 15 is 0 Å². The van der Waals surface area contributed by atoms with Crippen LogP contribution in [-0.4, -0.2) is 11.5 Å². The molecule has 0 radical (unpaired) electrons. The van der Waals surface area contributed by atoms with E-state index in [1.54, 1.807) is 13.0 Å². The highest BCUT2D eigenvalue weighted by molar-refractivity contribution is 5.80. The van der Waals surface area contributed by atoms with Crippen molar-refractivity contribution in [1.29, 1.82) is 0 Å². The number of hydrogen-bond acceptors (Lipinski definition) is 7. The van der Waals surface area contributed by atoms with Gasteiger partial charge in [0, 0.05) is 18.2 Å². The van der Waals surface area contributed by atoms with Gasteiger partial charge in [0.05, 0.1) is 16.9 Å². The van der Waals surface area contributed by atoms with Crippen molar-refractivity contribution in [2.45, 2.75) is 19.7 Å². The molecule has 3 aromatic carbocycles. The van der Waals surface area contributed by atoms with E-state index in [1.165, 1.54) is 54.6 Å². The number of nitro groups is 1. The lowest BCUT2D eigenvalue weighted by Crippen LogP contribution is -2.15. The van der Waals surface area contributed by atoms with Crippen molar-refractivity contribution in [2.75, 3.05) is 6.61 Å². The molecule has 0 aliphatic carbocycles. The number of ether oxygens (including phenoxy) is 3. The van der Waals surface area contributed by atoms with Gasteiger partial charge in [0.1, 0.15) is 17.9 Å². The van der Waals surface area contributed by atoms with Crippen molar-refractivity contribution in [1.82, 2.24) is 0 Å². The van der Waals surface area contributed by atoms with Gasteiger partial charge in [-0.05, 0) is 48.9 Å². The number of nitrogens with zero attached hydrogens (tertiary/aromatic N) is 1. The predicted molar refractivity (Wildman–Crippen MR) is 123 cm³/mol. The lowest BCUT2D eigenvalue weighted by Gasteiger charge is -2.15. The SMILES string of the molecule is CCOc1ccccc1Oc1c(C(F)(F)F)oc2cc(OCc3ccc([N+](=O)[O-])cc3)ccc2c1=O. The first kappa shape index (κ1) is 24.6. The molecule has 11 heteroatoms. The highest BCUT2D eigenvalue weighted by atomic mass is 19.4. The fraction of sp³-hybridized carbons (Fsp3) is 0.160. The summed E-state index contributed by atoms with van der Waals surface area (Å²) in [6, 6.07) is 15.4. The Morgan fingerprint density at radius 1 is 0.972 bits per heavy atom. The summed E-state index contributed by atoms with van der Waals surface area (Å²) < 4.78 is 63.0. The number of para-hydroxylation sites is 2. The molecule has 1 heterocycles. The van der Waals surface area contributed by atoms with E-state index in [0.29, 0.717) is 5.56 Å². The summed E-state index contributed by atoms with van der Waals surface area (Å²) in [6.45, 7) is 1.92. The fourth-order valence-corrected chi connectivity index (χ4v) is 3.33. The maximum atomic E-state index is 13.8. The normalized spacial score (nSPS) is 11.3. The molecule has 1 aromatic heterocycles. The molecule has 0 unspecified atom stereocenters. The molecule has 0 aliphatic rings. The van der Waals surface area contributed by atoms with Crippen LogP contribution in [0.2, 0.25) is 0 Å². The smallest absolute Gasteiger partial charge is 0.453 e. The van der Waals surface area contributed by atoms with Crippen LogP contribution in [0.15, 0.2) is 75.9 Å². The molecule has 8 nitrogen and oxygen atoms in total. The van der Waals surface area contributed by atoms with Crippen molar-refractivity contribution in [3.63, 3.8) is 0 Å². The molecule has 0 bridgehead atoms. The Morgan fingerprint density at radius 3 is 2.31 bits per heavy atom. The molecule has 0 amide bonds. The van der Waals surface area contributed by atoms with E-state index in [0.717, 1.165) is 6.07 Å². The maximum absolute atomic E-state index is 13.8. The number of rotatable bonds is 8. The third-order valence-electron chi connectivity index (χ3n) is 4.99. The first-order valence-corrected chi connectivity index (χ1v) is 10.6. The maximum Gasteiger partial charge on any atom is 0.453 e. The number of alkyl halides is 3. The topological polar surface area (TPSA) is 101 Å². The van der Waals surface area contributed by atoms with Crippen LogP contribution in [0.4, 0.5) is 18.9 Å². The monoisotopic (exact) mass is 501 g/mol. The lowest BCUT2D eigenvalue weighted by atomic mass is 10.2. The highest BCUT2D eigenvalue weighted by Crippen LogP contribution is 2.40. The minimum Gasteiger partial charge on any atom is -0.490 e. The van der Waals surface area contributed by atoms with Crippen molar-refractivity contribution in [3.05, 3.63) is 98.4 Å². The van der Waals surface area contributed by atoms with Gasteiger partial charge in [0.25, 0.3) is 11.4 Å². The zero-order valence-corrected chi connectivity index (χ0v) is 18.7. The van der Waals surface area contributed by atoms with Gasteiger partial charge in [0.15, 0.2) is 11.5 Å². The zero-order chi connectivity index (χ0) is 25.9. The van der Waals surface area contributed by atoms with E-state index in [-0.39, 0.29) is 47.1 Å². The molecular formula is C25H18F3NO7. The van der Waals surface area contributed by atoms with Gasteiger partial charge in [-0.3, -0.25) is 14.9 Å². The number of halogens is 3. The van der Waals surface area contributed by atoms with Crippen LogP contribution in [0.25, 0.3) is 11.0 Å². The summed E-state index contributed by atoms with van der Waals surface area (Å²) in [5.41, 5.74) is -0.863. The van der Waals surface area contributed by atoms with Gasteiger partial charge in [-0.2, -0.15) is 13.2 Å². The minimum atomic E-state index is -5.03. The third kappa shape index (κ3) is 5.24. The molecule has 4 aromatic rings. The summed E-state index contributed by atoms with van der Waals surface area (Å²) in [5.74, 6) is -2.38. The predicted octanol–water partition coefficient (Wildman–Crippen LogP) is 6.49. The second-order valence-electron chi connectivity index (χ2n) is 7.44. The number of hydrogen-bond donors (Lipinski definition) is 0. The van der Waals surface area contributed by atoms with E-state index in [1.807, 2.05) is 0 Å². The van der Waals surface area contributed by atoms with Crippen LogP contribution in [0.3, 0.4) is 0 Å². The number of non-ortho nitro benzene ring substituents is 1. The van der Waals surface area contributed by atoms with Gasteiger partial charge in [0.2, 0.25) is 11.2 Å². The van der Waals surface area contributed by atoms with Crippen LogP contribution in [-0.2, 0) is 12.8 Å². The van der Waals surface area contributed by atoms with Gasteiger partial charge < -0.3 is 18.6 Å². The molecule has 36 heavy (non-hydrogen) atoms. The minimum absolute atomic E-state index is 0.0186. The van der Waals surface area contributed by atoms with Gasteiger partial charge in [-0.25, -0.2) is 0 Å². The largest absolute Gasteiger partial charge is 0.490 e. The molecular weight excluding hydrogens is 483 g/mol. The van der Waals surface area contributed by atoms with Crippen molar-refractivity contribution in [3.8, 4) is 23.0 Å². The Kier molecular flexibility index (Phi) is 6.82. The average molecular weight is 501 g/mol. The Labute approximate surface area is 201 Å². The summed E-state index contributed by atoms with van der Waals surface area (Å²) >= 11 is 0. The fourth-order valence-electron chi connectivity index (χ4n) is 3.33. The molecule has 0 N–H and O–H groups in total. The van der Waals surface area contributed by atoms with E-state index in [4.69, 9.17) is 18.6 Å². The molecule has 186 valence electrons. The molecule has 0 atom stereocenters. The van der Waals surface area contributed by atoms with Crippen LogP contribution >= 0.6 is 0 Å². The molecule has 4 rings (SSSR count). The van der Waals surface area contributed by atoms with Crippen LogP contribution in [0, 0.1) is 10.1 Å². The average Bonchev–Trinajstić information content (AvgIpc) is 2.85. The molecule has 0 fully saturated rings. The van der Waals surface area contributed by atoms with Crippen LogP contribution in [0.1, 0.15) is 18.2 Å². The Bertz CT molecular complexity index is 1460. The molecule has 0 spiro atoms. The number of fused-ring (bicyclic) bond motifs is 1. The van der Waals surface area contributed by atoms with Crippen molar-refractivity contribution < 1.29 is 36.7 Å². The second kappa shape index (κ2) is 9.98. The van der Waals surface area contributed by atoms with E-state index in [9.17, 15) is 28.1 Å². The summed E-state index contributed by atoms with van der Waals surface area (Å²) in [7, 11) is 0. The lowest BCUT2D eigenvalue weighted by molar-refractivity contribution is -0.384. The molecule has 0 saturated heterocycles. The Morgan fingerprint density at radius 2 is 1.67 bits per heavy atom. The molecule has 0 aliphatic heterocycles. The van der Waals surface area contributed by atoms with Gasteiger partial charge >= 0.3 is 6.18 Å². The summed E-state index contributed by atoms with van der Waals surface area (Å²) in [6.07, 6.45) is -5.03. The first-order valence-electron chi connectivity index (χ1n) is 10.6. The first-order chi connectivity index (χ1) is 17.2. The van der Waals surface area contributed by atoms with Crippen LogP contribution in [0.5, 0.6) is 23.0 Å². The van der Waals surface area contributed by atoms with Crippen molar-refractivity contribution >= 4 is 16.7 Å².